The third-order valence-electron chi connectivity index (χ3n) is 24.8. The van der Waals surface area contributed by atoms with E-state index in [1.165, 1.54) is 57.4 Å². The molecule has 1 radical (unpaired) electrons. The largest absolute Gasteiger partial charge is 0.569 e. The second-order valence-electron chi connectivity index (χ2n) is 37.2. The van der Waals surface area contributed by atoms with Gasteiger partial charge in [-0.2, -0.15) is 0 Å². The van der Waals surface area contributed by atoms with Gasteiger partial charge in [0.2, 0.25) is 20.0 Å². The third kappa shape index (κ3) is 30.5. The van der Waals surface area contributed by atoms with Crippen molar-refractivity contribution in [2.75, 3.05) is 26.7 Å². The number of pyridine rings is 4. The van der Waals surface area contributed by atoms with Crippen LogP contribution in [-0.4, -0.2) is 152 Å². The number of piperidine rings is 2. The van der Waals surface area contributed by atoms with Crippen LogP contribution < -0.4 is 25.4 Å². The van der Waals surface area contributed by atoms with Crippen LogP contribution in [0.25, 0.3) is 88.8 Å². The maximum atomic E-state index is 12.9. The van der Waals surface area contributed by atoms with Crippen LogP contribution in [0.2, 0.25) is 17.7 Å². The number of carbonyl (C=O) groups is 3. The minimum absolute atomic E-state index is 0.00421. The van der Waals surface area contributed by atoms with Crippen molar-refractivity contribution in [3.05, 3.63) is 312 Å². The maximum Gasteiger partial charge on any atom is 0.569 e. The molecular weight excluding hydrogens is 2050 g/mol. The van der Waals surface area contributed by atoms with Crippen molar-refractivity contribution < 1.29 is 55.1 Å². The summed E-state index contributed by atoms with van der Waals surface area (Å²) in [5.74, 6) is 1.44. The van der Waals surface area contributed by atoms with Crippen LogP contribution in [0.1, 0.15) is 186 Å². The number of halogens is 2. The minimum atomic E-state index is -3.87. The Labute approximate surface area is 850 Å². The van der Waals surface area contributed by atoms with Gasteiger partial charge in [0.15, 0.2) is 0 Å². The Morgan fingerprint density at radius 2 is 0.901 bits per heavy atom. The molecule has 141 heavy (non-hydrogen) atoms. The molecule has 8 aromatic carbocycles. The van der Waals surface area contributed by atoms with Gasteiger partial charge in [-0.1, -0.05) is 159 Å². The smallest absolute Gasteiger partial charge is 0.537 e. The molecule has 0 spiro atoms. The molecule has 2 atom stereocenters. The summed E-state index contributed by atoms with van der Waals surface area (Å²) >= 11 is 4.85. The summed E-state index contributed by atoms with van der Waals surface area (Å²) in [6.07, 6.45) is 38.5. The second kappa shape index (κ2) is 51.4. The number of imidazole rings is 4. The monoisotopic (exact) mass is 2180 g/mol. The van der Waals surface area contributed by atoms with Crippen molar-refractivity contribution in [2.24, 2.45) is 16.0 Å². The molecule has 2 saturated heterocycles. The average molecular weight is 2180 g/mol. The van der Waals surface area contributed by atoms with E-state index < -0.39 is 49.6 Å². The number of rotatable bonds is 25. The summed E-state index contributed by atoms with van der Waals surface area (Å²) in [7, 11) is -5.21. The quantitative estimate of drug-likeness (QED) is 0.0235. The van der Waals surface area contributed by atoms with E-state index in [1.54, 1.807) is 123 Å². The summed E-state index contributed by atoms with van der Waals surface area (Å²) in [4.78, 5) is 57.1. The standard InChI is InChI=1S/C33H34N4O4S.C23H27N3O2.C14H12N2O.C10H8BrNO2S.C7H6BN2O2.C7H5BrO.C4H10N.3C4H9.Sn/c1-33(2,3)41-32(38)37-18-7-6-10-28(37)23-13-11-22(12-14-23)24-17-19-36-29(21-35-31(36)20-24)26-15-16-30(42(34,39)40)27-9-5-4-8-25(26)27;1-23(2,3)28-22(27)26-13-5-4-6-20(26)18-9-7-17(8-10-18)19-11-14-25-15-12-24-21(25)16-19;1-17-13-4-2-11(3-5-13)12-6-8-16-9-7-15-14(16)10-12;11-9-5-6-10(15(12,13)14)8-4-2-1-3-7(8)9;11-8-12-6-1-3-10-4-2-9-7(10)5-6;8-7-3-1-6(5-9)2-4-7;1-2-3-4-5;3*1-3-4-2;/h4-5,8-9,11-17,19-21,28H,6-7,10,18H2,1-3H3,(H2,34,39,40);7-12,14-16,20H,4-6,13H2,1-3H3;2-10H,1H3;1-6H,(H2,12,13,14);1-5,11H;1-5H;1-5H2;3*1,3-4H2,2H3;. The van der Waals surface area contributed by atoms with Crippen LogP contribution in [0.3, 0.4) is 0 Å². The molecule has 25 nitrogen and oxygen atoms in total. The number of unbranched alkanes of at least 4 members (excludes halogenated alkanes) is 4. The number of nitrogens with two attached hydrogens (primary N) is 3. The summed E-state index contributed by atoms with van der Waals surface area (Å²) in [5, 5.41) is 21.8. The molecule has 8 aromatic heterocycles. The molecule has 739 valence electrons. The zero-order valence-electron chi connectivity index (χ0n) is 82.0. The first-order valence-electron chi connectivity index (χ1n) is 48.1. The normalized spacial score (nSPS) is 13.8. The Hall–Kier alpha value is -11.6. The van der Waals surface area contributed by atoms with E-state index in [1.807, 2.05) is 179 Å². The maximum absolute atomic E-state index is 12.9. The van der Waals surface area contributed by atoms with Crippen molar-refractivity contribution in [2.45, 2.75) is 203 Å². The first-order chi connectivity index (χ1) is 67.7. The van der Waals surface area contributed by atoms with Gasteiger partial charge in [-0.05, 0) is 220 Å². The van der Waals surface area contributed by atoms with Crippen LogP contribution in [0.4, 0.5) is 9.59 Å². The number of benzene rings is 8. The fourth-order valence-electron chi connectivity index (χ4n) is 17.6. The summed E-state index contributed by atoms with van der Waals surface area (Å²) < 4.78 is 84.5. The Morgan fingerprint density at radius 1 is 0.475 bits per heavy atom. The number of likely N-dealkylation sites (tertiary alicyclic amines) is 2. The van der Waals surface area contributed by atoms with Crippen molar-refractivity contribution in [1.82, 2.24) is 47.3 Å². The van der Waals surface area contributed by atoms with Gasteiger partial charge in [0, 0.05) is 112 Å². The van der Waals surface area contributed by atoms with E-state index in [4.69, 9.17) is 39.9 Å². The molecule has 10 heterocycles. The number of aldehydes is 1. The fraction of sp³-hybridized carbons (Fsp3) is 0.318. The number of hydrogen-bond acceptors (Lipinski definition) is 17. The minimum Gasteiger partial charge on any atom is -0.537 e. The van der Waals surface area contributed by atoms with E-state index in [9.17, 15) is 31.2 Å². The SMILES string of the molecule is CC(C)(C)OC(=O)N1CCCCC1c1ccc(-c2ccn3c(-c4ccc(S(N)(=O)=O)c5ccccc45)cnc3c2)cc1.CC(C)(C)OC(=O)N1CCCCC1c1ccc(-c2ccn3ccnc3c2)cc1.CCC[CH2][Sn]([CH2]CCC)([CH2]CCC)[CH2]CCCN.COc1ccc(-c2ccn3ccnc3c2)cc1.NS(=O)(=O)c1ccc(Br)c2ccccc12.O=Cc1ccc(Br)cc1.O[B]Oc1ccn2ccnc2c1. The van der Waals surface area contributed by atoms with Gasteiger partial charge in [-0.25, -0.2) is 56.6 Å². The van der Waals surface area contributed by atoms with Crippen molar-refractivity contribution in [3.8, 4) is 56.1 Å². The predicted molar refractivity (Wildman–Crippen MR) is 576 cm³/mol. The van der Waals surface area contributed by atoms with Crippen LogP contribution in [0.15, 0.2) is 305 Å². The Bertz CT molecular complexity index is 7020. The third-order valence-corrected chi connectivity index (χ3v) is 44.1. The Balaban J connectivity index is 0.000000156. The number of amides is 2. The number of ether oxygens (including phenoxy) is 3. The number of sulfonamides is 2. The number of aromatic nitrogens is 8. The zero-order valence-corrected chi connectivity index (χ0v) is 89.7. The molecule has 2 unspecified atom stereocenters. The predicted octanol–water partition coefficient (Wildman–Crippen LogP) is 25.7. The van der Waals surface area contributed by atoms with Gasteiger partial charge >= 0.3 is 140 Å². The first-order valence-corrected chi connectivity index (χ1v) is 60.9. The molecule has 2 fully saturated rings. The number of carbonyl (C=O) groups excluding carboxylic acids is 3. The van der Waals surface area contributed by atoms with Gasteiger partial charge in [0.1, 0.15) is 51.6 Å². The van der Waals surface area contributed by atoms with E-state index in [0.29, 0.717) is 36.3 Å². The molecule has 0 bridgehead atoms. The van der Waals surface area contributed by atoms with Crippen LogP contribution in [0, 0.1) is 0 Å². The molecule has 0 aliphatic carbocycles. The van der Waals surface area contributed by atoms with E-state index >= 15 is 0 Å². The van der Waals surface area contributed by atoms with E-state index in [-0.39, 0.29) is 34.1 Å². The number of nitrogens with zero attached hydrogens (tertiary/aromatic N) is 10. The summed E-state index contributed by atoms with van der Waals surface area (Å²) in [6.45, 7) is 20.8. The van der Waals surface area contributed by atoms with E-state index in [0.717, 1.165) is 162 Å². The molecule has 2 aliphatic heterocycles. The average Bonchev–Trinajstić information content (AvgIpc) is 1.67. The topological polar surface area (TPSA) is 330 Å². The van der Waals surface area contributed by atoms with Gasteiger partial charge in [0.05, 0.1) is 40.9 Å². The van der Waals surface area contributed by atoms with Gasteiger partial charge in [-0.3, -0.25) is 9.20 Å². The number of methoxy groups -OCH3 is 1. The molecule has 18 rings (SSSR count). The molecule has 2 amide bonds. The summed E-state index contributed by atoms with van der Waals surface area (Å²) in [5.41, 5.74) is 19.5. The van der Waals surface area contributed by atoms with Crippen LogP contribution >= 0.6 is 31.9 Å². The van der Waals surface area contributed by atoms with Crippen molar-refractivity contribution in [3.63, 3.8) is 0 Å². The van der Waals surface area contributed by atoms with Crippen LogP contribution in [0.5, 0.6) is 11.5 Å². The van der Waals surface area contributed by atoms with Gasteiger partial charge in [0.25, 0.3) is 0 Å². The molecule has 7 N–H and O–H groups in total. The summed E-state index contributed by atoms with van der Waals surface area (Å²) in [6, 6.07) is 69.2. The fourth-order valence-corrected chi connectivity index (χ4v) is 36.4. The Kier molecular flexibility index (Phi) is 39.4. The van der Waals surface area contributed by atoms with Gasteiger partial charge < -0.3 is 46.9 Å². The zero-order chi connectivity index (χ0) is 101. The second-order valence-corrected chi connectivity index (χ2v) is 56.3. The van der Waals surface area contributed by atoms with Crippen molar-refractivity contribution >= 4 is 141 Å². The number of primary sulfonamides is 2. The number of hydrogen-bond donors (Lipinski definition) is 4. The molecular formula is C110H129BBr2N13O12S2Sn. The van der Waals surface area contributed by atoms with Gasteiger partial charge in [-0.15, -0.1) is 0 Å². The first kappa shape index (κ1) is 108. The molecule has 2 aliphatic rings. The number of fused-ring (bicyclic) bond motifs is 6. The van der Waals surface area contributed by atoms with Crippen molar-refractivity contribution in [1.29, 1.82) is 0 Å². The Morgan fingerprint density at radius 3 is 1.35 bits per heavy atom. The molecule has 16 aromatic rings. The van der Waals surface area contributed by atoms with E-state index in [2.05, 4.69) is 145 Å². The van der Waals surface area contributed by atoms with Crippen LogP contribution in [-0.2, 0) is 29.5 Å². The molecule has 0 saturated carbocycles. The molecule has 31 heteroatoms.